The molecule has 1 aromatic rings. The fraction of sp³-hybridized carbons (Fsp3) is 0.455. The van der Waals surface area contributed by atoms with E-state index in [0.717, 1.165) is 0 Å². The zero-order chi connectivity index (χ0) is 13.0. The van der Waals surface area contributed by atoms with Crippen LogP contribution in [0.4, 0.5) is 11.5 Å². The summed E-state index contributed by atoms with van der Waals surface area (Å²) in [7, 11) is 0. The second-order valence-corrected chi connectivity index (χ2v) is 4.08. The Balaban J connectivity index is 3.28. The summed E-state index contributed by atoms with van der Waals surface area (Å²) in [5.74, 6) is 2.69. The van der Waals surface area contributed by atoms with Crippen LogP contribution in [0.5, 0.6) is 0 Å². The minimum atomic E-state index is -0.553. The first-order chi connectivity index (χ1) is 7.97. The molecule has 0 amide bonds. The Kier molecular flexibility index (Phi) is 3.99. The largest absolute Gasteiger partial charge is 0.383 e. The Hall–Kier alpha value is -2.16. The van der Waals surface area contributed by atoms with Crippen molar-refractivity contribution in [3.8, 4) is 12.3 Å². The Morgan fingerprint density at radius 2 is 2.18 bits per heavy atom. The van der Waals surface area contributed by atoms with Crippen molar-refractivity contribution in [2.45, 2.75) is 20.4 Å². The third kappa shape index (κ3) is 2.91. The maximum Gasteiger partial charge on any atom is 0.330 e. The third-order valence-corrected chi connectivity index (χ3v) is 2.15. The van der Waals surface area contributed by atoms with E-state index in [1.165, 1.54) is 4.57 Å². The van der Waals surface area contributed by atoms with Gasteiger partial charge >= 0.3 is 5.69 Å². The van der Waals surface area contributed by atoms with Gasteiger partial charge in [0.1, 0.15) is 11.5 Å². The fourth-order valence-corrected chi connectivity index (χ4v) is 1.44. The van der Waals surface area contributed by atoms with Crippen LogP contribution in [-0.4, -0.2) is 16.1 Å². The molecular formula is C11H16N4O2. The predicted octanol–water partition coefficient (Wildman–Crippen LogP) is -0.180. The van der Waals surface area contributed by atoms with Gasteiger partial charge in [0, 0.05) is 6.54 Å². The summed E-state index contributed by atoms with van der Waals surface area (Å²) >= 11 is 0. The van der Waals surface area contributed by atoms with Gasteiger partial charge in [-0.2, -0.15) is 0 Å². The standard InChI is InChI=1S/C11H16N4O2/c1-4-5-13-8-9(12)15(6-7(2)3)11(17)14-10(8)16/h1,7,13H,5-6,12H2,2-3H3,(H,14,16,17). The molecule has 1 rings (SSSR count). The minimum Gasteiger partial charge on any atom is -0.383 e. The van der Waals surface area contributed by atoms with Crippen LogP contribution in [0, 0.1) is 18.3 Å². The van der Waals surface area contributed by atoms with Crippen LogP contribution >= 0.6 is 0 Å². The smallest absolute Gasteiger partial charge is 0.330 e. The second-order valence-electron chi connectivity index (χ2n) is 4.08. The summed E-state index contributed by atoms with van der Waals surface area (Å²) in [6, 6.07) is 0. The molecule has 0 saturated carbocycles. The summed E-state index contributed by atoms with van der Waals surface area (Å²) < 4.78 is 1.32. The zero-order valence-electron chi connectivity index (χ0n) is 9.91. The van der Waals surface area contributed by atoms with Gasteiger partial charge in [-0.25, -0.2) is 4.79 Å². The fourth-order valence-electron chi connectivity index (χ4n) is 1.44. The van der Waals surface area contributed by atoms with Crippen LogP contribution in [0.1, 0.15) is 13.8 Å². The molecule has 1 heterocycles. The van der Waals surface area contributed by atoms with Gasteiger partial charge in [-0.15, -0.1) is 6.42 Å². The maximum atomic E-state index is 11.6. The number of anilines is 2. The molecule has 92 valence electrons. The lowest BCUT2D eigenvalue weighted by Crippen LogP contribution is -2.35. The number of nitrogens with one attached hydrogen (secondary N) is 2. The van der Waals surface area contributed by atoms with Gasteiger partial charge < -0.3 is 11.1 Å². The Morgan fingerprint density at radius 1 is 1.53 bits per heavy atom. The molecule has 0 atom stereocenters. The van der Waals surface area contributed by atoms with Crippen LogP contribution < -0.4 is 22.3 Å². The minimum absolute atomic E-state index is 0.114. The van der Waals surface area contributed by atoms with E-state index in [4.69, 9.17) is 12.2 Å². The van der Waals surface area contributed by atoms with Crippen molar-refractivity contribution in [1.29, 1.82) is 0 Å². The number of rotatable bonds is 4. The maximum absolute atomic E-state index is 11.6. The lowest BCUT2D eigenvalue weighted by atomic mass is 10.2. The number of aromatic nitrogens is 2. The molecule has 0 saturated heterocycles. The molecule has 6 nitrogen and oxygen atoms in total. The van der Waals surface area contributed by atoms with E-state index >= 15 is 0 Å². The molecule has 0 aliphatic heterocycles. The molecule has 0 bridgehead atoms. The van der Waals surface area contributed by atoms with Gasteiger partial charge in [0.25, 0.3) is 5.56 Å². The predicted molar refractivity (Wildman–Crippen MR) is 67.9 cm³/mol. The molecule has 0 aliphatic carbocycles. The molecule has 0 aliphatic rings. The normalized spacial score (nSPS) is 10.2. The van der Waals surface area contributed by atoms with Crippen molar-refractivity contribution < 1.29 is 0 Å². The highest BCUT2D eigenvalue weighted by Gasteiger charge is 2.12. The van der Waals surface area contributed by atoms with Crippen LogP contribution in [0.15, 0.2) is 9.59 Å². The summed E-state index contributed by atoms with van der Waals surface area (Å²) in [4.78, 5) is 25.3. The van der Waals surface area contributed by atoms with Crippen molar-refractivity contribution in [3.05, 3.63) is 20.8 Å². The topological polar surface area (TPSA) is 92.9 Å². The van der Waals surface area contributed by atoms with Crippen LogP contribution in [0.2, 0.25) is 0 Å². The molecule has 0 aromatic carbocycles. The number of nitrogen functional groups attached to an aromatic ring is 1. The Labute approximate surface area is 98.8 Å². The number of H-pyrrole nitrogens is 1. The quantitative estimate of drug-likeness (QED) is 0.632. The monoisotopic (exact) mass is 236 g/mol. The molecule has 17 heavy (non-hydrogen) atoms. The third-order valence-electron chi connectivity index (χ3n) is 2.15. The van der Waals surface area contributed by atoms with Crippen molar-refractivity contribution in [2.75, 3.05) is 17.6 Å². The summed E-state index contributed by atoms with van der Waals surface area (Å²) in [5, 5.41) is 2.71. The molecule has 0 unspecified atom stereocenters. The van der Waals surface area contributed by atoms with E-state index in [2.05, 4.69) is 16.2 Å². The lowest BCUT2D eigenvalue weighted by molar-refractivity contribution is 0.508. The highest BCUT2D eigenvalue weighted by molar-refractivity contribution is 5.60. The first kappa shape index (κ1) is 12.9. The summed E-state index contributed by atoms with van der Waals surface area (Å²) in [5.41, 5.74) is 4.87. The first-order valence-electron chi connectivity index (χ1n) is 5.27. The average Bonchev–Trinajstić information content (AvgIpc) is 2.23. The highest BCUT2D eigenvalue weighted by Crippen LogP contribution is 2.11. The van der Waals surface area contributed by atoms with Crippen LogP contribution in [-0.2, 0) is 6.54 Å². The number of aromatic amines is 1. The second kappa shape index (κ2) is 5.25. The molecule has 4 N–H and O–H groups in total. The average molecular weight is 236 g/mol. The molecular weight excluding hydrogens is 220 g/mol. The van der Waals surface area contributed by atoms with Gasteiger partial charge in [0.05, 0.1) is 6.54 Å². The molecule has 0 radical (unpaired) electrons. The van der Waals surface area contributed by atoms with Crippen molar-refractivity contribution in [2.24, 2.45) is 5.92 Å². The first-order valence-corrected chi connectivity index (χ1v) is 5.27. The number of hydrogen-bond acceptors (Lipinski definition) is 4. The van der Waals surface area contributed by atoms with Crippen molar-refractivity contribution in [3.63, 3.8) is 0 Å². The van der Waals surface area contributed by atoms with Crippen LogP contribution in [0.3, 0.4) is 0 Å². The van der Waals surface area contributed by atoms with Gasteiger partial charge in [-0.3, -0.25) is 14.3 Å². The molecule has 0 fully saturated rings. The summed E-state index contributed by atoms with van der Waals surface area (Å²) in [6.07, 6.45) is 5.09. The van der Waals surface area contributed by atoms with E-state index in [1.54, 1.807) is 0 Å². The molecule has 0 spiro atoms. The number of nitrogens with zero attached hydrogens (tertiary/aromatic N) is 1. The number of terminal acetylenes is 1. The highest BCUT2D eigenvalue weighted by atomic mass is 16.2. The van der Waals surface area contributed by atoms with E-state index in [-0.39, 0.29) is 24.0 Å². The SMILES string of the molecule is C#CCNc1c(N)n(CC(C)C)c(=O)[nH]c1=O. The summed E-state index contributed by atoms with van der Waals surface area (Å²) in [6.45, 7) is 4.51. The van der Waals surface area contributed by atoms with Gasteiger partial charge in [0.2, 0.25) is 0 Å². The van der Waals surface area contributed by atoms with Gasteiger partial charge in [0.15, 0.2) is 0 Å². The Morgan fingerprint density at radius 3 is 2.71 bits per heavy atom. The van der Waals surface area contributed by atoms with Gasteiger partial charge in [-0.05, 0) is 5.92 Å². The zero-order valence-corrected chi connectivity index (χ0v) is 9.91. The van der Waals surface area contributed by atoms with Crippen molar-refractivity contribution in [1.82, 2.24) is 9.55 Å². The van der Waals surface area contributed by atoms with E-state index in [0.29, 0.717) is 6.54 Å². The number of nitrogens with two attached hydrogens (primary N) is 1. The van der Waals surface area contributed by atoms with Crippen LogP contribution in [0.25, 0.3) is 0 Å². The molecule has 1 aromatic heterocycles. The lowest BCUT2D eigenvalue weighted by Gasteiger charge is -2.14. The van der Waals surface area contributed by atoms with Crippen molar-refractivity contribution >= 4 is 11.5 Å². The van der Waals surface area contributed by atoms with E-state index in [1.807, 2.05) is 13.8 Å². The van der Waals surface area contributed by atoms with E-state index in [9.17, 15) is 9.59 Å². The van der Waals surface area contributed by atoms with Gasteiger partial charge in [-0.1, -0.05) is 19.8 Å². The number of hydrogen-bond donors (Lipinski definition) is 3. The molecule has 6 heteroatoms. The van der Waals surface area contributed by atoms with E-state index < -0.39 is 11.2 Å². The Bertz CT molecular complexity index is 548.